The summed E-state index contributed by atoms with van der Waals surface area (Å²) in [6.45, 7) is 1.72. The fraction of sp³-hybridized carbons (Fsp3) is 0.652. The molecule has 0 bridgehead atoms. The number of amides is 3. The number of nitrogens with one attached hydrogen (secondary N) is 2. The molecule has 2 heterocycles. The van der Waals surface area contributed by atoms with Gasteiger partial charge in [-0.25, -0.2) is 22.3 Å². The molecule has 1 saturated carbocycles. The van der Waals surface area contributed by atoms with E-state index in [4.69, 9.17) is 9.47 Å². The van der Waals surface area contributed by atoms with E-state index in [0.717, 1.165) is 12.8 Å². The minimum absolute atomic E-state index is 0.0489. The van der Waals surface area contributed by atoms with E-state index < -0.39 is 27.4 Å². The first kappa shape index (κ1) is 24.9. The fourth-order valence-corrected chi connectivity index (χ4v) is 5.96. The predicted octanol–water partition coefficient (Wildman–Crippen LogP) is 2.26. The van der Waals surface area contributed by atoms with Gasteiger partial charge in [0, 0.05) is 19.8 Å². The summed E-state index contributed by atoms with van der Waals surface area (Å²) in [6.07, 6.45) is 4.69. The van der Waals surface area contributed by atoms with E-state index in [0.29, 0.717) is 70.0 Å². The molecule has 0 radical (unpaired) electrons. The molecule has 34 heavy (non-hydrogen) atoms. The SMILES string of the molecule is O=C1CN(CCCCCS(=O)(=O)NC2(c3ccc(F)c(OCC4CC4)c3)CCOCC2)C(=O)N1. The summed E-state index contributed by atoms with van der Waals surface area (Å²) in [6, 6.07) is 4.17. The lowest BCUT2D eigenvalue weighted by molar-refractivity contribution is -0.118. The average molecular weight is 498 g/mol. The number of ether oxygens (including phenoxy) is 2. The van der Waals surface area contributed by atoms with Crippen LogP contribution >= 0.6 is 0 Å². The molecule has 11 heteroatoms. The quantitative estimate of drug-likeness (QED) is 0.338. The molecule has 2 aliphatic heterocycles. The van der Waals surface area contributed by atoms with Crippen LogP contribution in [0.5, 0.6) is 5.75 Å². The highest BCUT2D eigenvalue weighted by atomic mass is 32.2. The third kappa shape index (κ3) is 6.45. The van der Waals surface area contributed by atoms with Crippen molar-refractivity contribution in [2.75, 3.05) is 38.7 Å². The molecule has 3 aliphatic rings. The summed E-state index contributed by atoms with van der Waals surface area (Å²) < 4.78 is 54.4. The number of hydrogen-bond acceptors (Lipinski definition) is 6. The highest BCUT2D eigenvalue weighted by molar-refractivity contribution is 7.89. The molecular weight excluding hydrogens is 465 g/mol. The lowest BCUT2D eigenvalue weighted by Gasteiger charge is -2.38. The number of sulfonamides is 1. The average Bonchev–Trinajstić information content (AvgIpc) is 3.56. The summed E-state index contributed by atoms with van der Waals surface area (Å²) in [7, 11) is -3.63. The number of carbonyl (C=O) groups is 2. The lowest BCUT2D eigenvalue weighted by atomic mass is 9.83. The van der Waals surface area contributed by atoms with Crippen LogP contribution in [-0.4, -0.2) is 63.9 Å². The zero-order chi connectivity index (χ0) is 24.2. The van der Waals surface area contributed by atoms with E-state index in [1.165, 1.54) is 11.0 Å². The van der Waals surface area contributed by atoms with Crippen LogP contribution in [0.25, 0.3) is 0 Å². The number of halogens is 1. The molecule has 0 spiro atoms. The van der Waals surface area contributed by atoms with Gasteiger partial charge >= 0.3 is 6.03 Å². The van der Waals surface area contributed by atoms with E-state index in [9.17, 15) is 22.4 Å². The van der Waals surface area contributed by atoms with Crippen LogP contribution in [0.4, 0.5) is 9.18 Å². The van der Waals surface area contributed by atoms with Gasteiger partial charge in [-0.05, 0) is 62.1 Å². The molecule has 1 aromatic rings. The number of benzene rings is 1. The number of rotatable bonds is 12. The van der Waals surface area contributed by atoms with Crippen LogP contribution < -0.4 is 14.8 Å². The van der Waals surface area contributed by atoms with Crippen LogP contribution in [-0.2, 0) is 25.1 Å². The number of hydrogen-bond donors (Lipinski definition) is 2. The standard InChI is InChI=1S/C23H32FN3O6S/c24-19-7-6-18(14-20(19)33-16-17-4-5-17)23(8-11-32-12-9-23)26-34(30,31)13-3-1-2-10-27-15-21(28)25-22(27)29/h6-7,14,17,26H,1-5,8-13,15-16H2,(H,25,28,29). The van der Waals surface area contributed by atoms with Crippen molar-refractivity contribution in [1.29, 1.82) is 0 Å². The van der Waals surface area contributed by atoms with Crippen molar-refractivity contribution in [3.05, 3.63) is 29.6 Å². The zero-order valence-electron chi connectivity index (χ0n) is 19.2. The number of carbonyl (C=O) groups excluding carboxylic acids is 2. The van der Waals surface area contributed by atoms with E-state index in [1.54, 1.807) is 12.1 Å². The molecule has 4 rings (SSSR count). The van der Waals surface area contributed by atoms with Crippen LogP contribution in [0.1, 0.15) is 50.5 Å². The number of imide groups is 1. The zero-order valence-corrected chi connectivity index (χ0v) is 20.0. The van der Waals surface area contributed by atoms with E-state index in [1.807, 2.05) is 0 Å². The Labute approximate surface area is 199 Å². The van der Waals surface area contributed by atoms with Crippen LogP contribution in [0.15, 0.2) is 18.2 Å². The molecule has 3 amide bonds. The highest BCUT2D eigenvalue weighted by Crippen LogP contribution is 2.36. The summed E-state index contributed by atoms with van der Waals surface area (Å²) in [5.74, 6) is -0.214. The van der Waals surface area contributed by atoms with Crippen LogP contribution in [0.3, 0.4) is 0 Å². The molecule has 1 aromatic carbocycles. The van der Waals surface area contributed by atoms with Crippen molar-refractivity contribution in [2.45, 2.75) is 50.5 Å². The Bertz CT molecular complexity index is 1010. The third-order valence-electron chi connectivity index (χ3n) is 6.56. The van der Waals surface area contributed by atoms with E-state index in [2.05, 4.69) is 10.0 Å². The molecule has 0 unspecified atom stereocenters. The second-order valence-corrected chi connectivity index (χ2v) is 11.2. The Hall–Kier alpha value is -2.24. The van der Waals surface area contributed by atoms with Crippen LogP contribution in [0.2, 0.25) is 0 Å². The van der Waals surface area contributed by atoms with Gasteiger partial charge in [-0.1, -0.05) is 12.5 Å². The molecule has 2 saturated heterocycles. The topological polar surface area (TPSA) is 114 Å². The maximum atomic E-state index is 14.3. The maximum Gasteiger partial charge on any atom is 0.324 e. The van der Waals surface area contributed by atoms with Gasteiger partial charge in [0.15, 0.2) is 11.6 Å². The van der Waals surface area contributed by atoms with Gasteiger partial charge in [-0.3, -0.25) is 10.1 Å². The molecule has 0 aromatic heterocycles. The molecule has 3 fully saturated rings. The minimum Gasteiger partial charge on any atom is -0.490 e. The summed E-state index contributed by atoms with van der Waals surface area (Å²) in [5, 5.41) is 2.22. The maximum absolute atomic E-state index is 14.3. The van der Waals surface area contributed by atoms with Crippen molar-refractivity contribution >= 4 is 22.0 Å². The van der Waals surface area contributed by atoms with Gasteiger partial charge in [0.1, 0.15) is 6.54 Å². The van der Waals surface area contributed by atoms with E-state index >= 15 is 0 Å². The van der Waals surface area contributed by atoms with E-state index in [-0.39, 0.29) is 24.0 Å². The fourth-order valence-electron chi connectivity index (χ4n) is 4.36. The normalized spacial score (nSPS) is 20.4. The third-order valence-corrected chi connectivity index (χ3v) is 8.09. The first-order valence-electron chi connectivity index (χ1n) is 11.9. The van der Waals surface area contributed by atoms with Gasteiger partial charge < -0.3 is 14.4 Å². The van der Waals surface area contributed by atoms with Gasteiger partial charge in [-0.2, -0.15) is 0 Å². The second-order valence-electron chi connectivity index (χ2n) is 9.35. The first-order valence-corrected chi connectivity index (χ1v) is 13.5. The summed E-state index contributed by atoms with van der Waals surface area (Å²) in [4.78, 5) is 24.2. The first-order chi connectivity index (χ1) is 16.3. The Morgan fingerprint density at radius 1 is 1.18 bits per heavy atom. The lowest BCUT2D eigenvalue weighted by Crippen LogP contribution is -2.50. The molecule has 188 valence electrons. The second kappa shape index (κ2) is 10.6. The van der Waals surface area contributed by atoms with Crippen LogP contribution in [0, 0.1) is 11.7 Å². The van der Waals surface area contributed by atoms with Crippen molar-refractivity contribution in [1.82, 2.24) is 14.9 Å². The molecular formula is C23H32FN3O6S. The Balaban J connectivity index is 1.35. The number of nitrogens with zero attached hydrogens (tertiary/aromatic N) is 1. The Morgan fingerprint density at radius 2 is 1.94 bits per heavy atom. The molecule has 0 atom stereocenters. The molecule has 1 aliphatic carbocycles. The van der Waals surface area contributed by atoms with Gasteiger partial charge in [-0.15, -0.1) is 0 Å². The number of urea groups is 1. The number of unbranched alkanes of at least 4 members (excludes halogenated alkanes) is 2. The minimum atomic E-state index is -3.63. The summed E-state index contributed by atoms with van der Waals surface area (Å²) >= 11 is 0. The van der Waals surface area contributed by atoms with Gasteiger partial charge in [0.25, 0.3) is 0 Å². The van der Waals surface area contributed by atoms with Gasteiger partial charge in [0.2, 0.25) is 15.9 Å². The van der Waals surface area contributed by atoms with Crippen molar-refractivity contribution in [2.24, 2.45) is 5.92 Å². The monoisotopic (exact) mass is 497 g/mol. The summed E-state index contributed by atoms with van der Waals surface area (Å²) in [5.41, 5.74) is -0.201. The van der Waals surface area contributed by atoms with Crippen molar-refractivity contribution in [3.63, 3.8) is 0 Å². The highest BCUT2D eigenvalue weighted by Gasteiger charge is 2.38. The van der Waals surface area contributed by atoms with Crippen molar-refractivity contribution in [3.8, 4) is 5.75 Å². The van der Waals surface area contributed by atoms with Gasteiger partial charge in [0.05, 0.1) is 17.9 Å². The Kier molecular flexibility index (Phi) is 7.73. The Morgan fingerprint density at radius 3 is 2.62 bits per heavy atom. The smallest absolute Gasteiger partial charge is 0.324 e. The van der Waals surface area contributed by atoms with Crippen molar-refractivity contribution < 1.29 is 31.9 Å². The predicted molar refractivity (Wildman–Crippen MR) is 122 cm³/mol. The largest absolute Gasteiger partial charge is 0.490 e. The molecule has 2 N–H and O–H groups in total. The molecule has 9 nitrogen and oxygen atoms in total.